The first-order valence-electron chi connectivity index (χ1n) is 7.56. The second-order valence-corrected chi connectivity index (χ2v) is 6.77. The van der Waals surface area contributed by atoms with Gasteiger partial charge >= 0.3 is 4.87 Å². The summed E-state index contributed by atoms with van der Waals surface area (Å²) < 4.78 is 3.27. The van der Waals surface area contributed by atoms with E-state index in [0.717, 1.165) is 41.9 Å². The summed E-state index contributed by atoms with van der Waals surface area (Å²) in [6.45, 7) is 1.95. The normalized spacial score (nSPS) is 14.5. The number of thiazole rings is 1. The fourth-order valence-corrected chi connectivity index (χ4v) is 3.99. The third-order valence-corrected chi connectivity index (χ3v) is 5.05. The molecule has 0 spiro atoms. The third-order valence-electron chi connectivity index (χ3n) is 3.97. The van der Waals surface area contributed by atoms with E-state index in [0.29, 0.717) is 5.82 Å². The fraction of sp³-hybridized carbons (Fsp3) is 0.533. The van der Waals surface area contributed by atoms with Gasteiger partial charge in [-0.05, 0) is 32.6 Å². The molecule has 22 heavy (non-hydrogen) atoms. The molecule has 3 rings (SSSR count). The van der Waals surface area contributed by atoms with Crippen LogP contribution in [0, 0.1) is 6.92 Å². The fourth-order valence-electron chi connectivity index (χ4n) is 2.92. The summed E-state index contributed by atoms with van der Waals surface area (Å²) >= 11 is 1.30. The average molecular weight is 320 g/mol. The summed E-state index contributed by atoms with van der Waals surface area (Å²) in [4.78, 5) is 25.6. The van der Waals surface area contributed by atoms with Gasteiger partial charge in [0.05, 0.1) is 5.69 Å². The standard InChI is InChI=1S/C15H20N4O2S/c1-10-8-13(18(2)17-10)16-14(20)9-19-11-6-4-3-5-7-12(11)22-15(19)21/h8H,3-7,9H2,1-2H3,(H,16,20). The van der Waals surface area contributed by atoms with E-state index in [1.807, 2.05) is 13.0 Å². The molecule has 0 fully saturated rings. The summed E-state index contributed by atoms with van der Waals surface area (Å²) in [5, 5.41) is 7.02. The van der Waals surface area contributed by atoms with Crippen LogP contribution in [-0.4, -0.2) is 20.3 Å². The predicted octanol–water partition coefficient (Wildman–Crippen LogP) is 1.86. The van der Waals surface area contributed by atoms with Crippen molar-refractivity contribution in [3.05, 3.63) is 32.0 Å². The van der Waals surface area contributed by atoms with Crippen LogP contribution in [0.15, 0.2) is 10.9 Å². The van der Waals surface area contributed by atoms with Gasteiger partial charge < -0.3 is 5.32 Å². The molecule has 1 amide bonds. The number of nitrogens with one attached hydrogen (secondary N) is 1. The van der Waals surface area contributed by atoms with Crippen LogP contribution in [0.4, 0.5) is 5.82 Å². The summed E-state index contributed by atoms with van der Waals surface area (Å²) in [5.74, 6) is 0.465. The largest absolute Gasteiger partial charge is 0.309 e. The van der Waals surface area contributed by atoms with E-state index >= 15 is 0 Å². The van der Waals surface area contributed by atoms with Gasteiger partial charge in [0.15, 0.2) is 0 Å². The Kier molecular flexibility index (Phi) is 4.15. The number of aromatic nitrogens is 3. The van der Waals surface area contributed by atoms with Crippen molar-refractivity contribution in [1.82, 2.24) is 14.3 Å². The SMILES string of the molecule is Cc1cc(NC(=O)Cn2c3c(sc2=O)CCCCC3)n(C)n1. The highest BCUT2D eigenvalue weighted by atomic mass is 32.1. The molecule has 7 heteroatoms. The maximum Gasteiger partial charge on any atom is 0.308 e. The number of amides is 1. The Bertz CT molecular complexity index is 756. The lowest BCUT2D eigenvalue weighted by Crippen LogP contribution is -2.26. The van der Waals surface area contributed by atoms with Crippen LogP contribution in [0.3, 0.4) is 0 Å². The minimum Gasteiger partial charge on any atom is -0.309 e. The number of rotatable bonds is 3. The van der Waals surface area contributed by atoms with Crippen LogP contribution in [0.5, 0.6) is 0 Å². The Hall–Kier alpha value is -1.89. The molecule has 118 valence electrons. The van der Waals surface area contributed by atoms with Crippen molar-refractivity contribution in [3.63, 3.8) is 0 Å². The van der Waals surface area contributed by atoms with E-state index in [1.165, 1.54) is 17.8 Å². The molecule has 0 atom stereocenters. The lowest BCUT2D eigenvalue weighted by Gasteiger charge is -2.09. The lowest BCUT2D eigenvalue weighted by atomic mass is 10.2. The number of carbonyl (C=O) groups excluding carboxylic acids is 1. The molecule has 1 N–H and O–H groups in total. The van der Waals surface area contributed by atoms with Gasteiger partial charge in [0.1, 0.15) is 12.4 Å². The van der Waals surface area contributed by atoms with Crippen LogP contribution in [0.25, 0.3) is 0 Å². The van der Waals surface area contributed by atoms with Crippen molar-refractivity contribution >= 4 is 23.1 Å². The van der Waals surface area contributed by atoms with Crippen molar-refractivity contribution < 1.29 is 4.79 Å². The maximum atomic E-state index is 12.3. The highest BCUT2D eigenvalue weighted by Crippen LogP contribution is 2.22. The molecular formula is C15H20N4O2S. The quantitative estimate of drug-likeness (QED) is 0.878. The van der Waals surface area contributed by atoms with Crippen molar-refractivity contribution in [2.75, 3.05) is 5.32 Å². The molecule has 0 radical (unpaired) electrons. The minimum atomic E-state index is -0.185. The number of carbonyl (C=O) groups is 1. The van der Waals surface area contributed by atoms with Gasteiger partial charge in [-0.2, -0.15) is 5.10 Å². The Morgan fingerprint density at radius 3 is 2.86 bits per heavy atom. The van der Waals surface area contributed by atoms with Gasteiger partial charge in [0.2, 0.25) is 5.91 Å². The first kappa shape index (κ1) is 15.0. The number of hydrogen-bond donors (Lipinski definition) is 1. The van der Waals surface area contributed by atoms with E-state index in [-0.39, 0.29) is 17.3 Å². The first-order valence-corrected chi connectivity index (χ1v) is 8.38. The number of anilines is 1. The topological polar surface area (TPSA) is 68.9 Å². The lowest BCUT2D eigenvalue weighted by molar-refractivity contribution is -0.116. The number of nitrogens with zero attached hydrogens (tertiary/aromatic N) is 3. The van der Waals surface area contributed by atoms with Gasteiger partial charge in [0.25, 0.3) is 0 Å². The Balaban J connectivity index is 1.78. The molecule has 6 nitrogen and oxygen atoms in total. The molecule has 0 bridgehead atoms. The molecule has 0 aliphatic heterocycles. The highest BCUT2D eigenvalue weighted by Gasteiger charge is 2.19. The molecule has 2 heterocycles. The average Bonchev–Trinajstić information content (AvgIpc) is 2.81. The molecule has 0 saturated heterocycles. The van der Waals surface area contributed by atoms with Crippen molar-refractivity contribution in [2.45, 2.75) is 45.6 Å². The second-order valence-electron chi connectivity index (χ2n) is 5.73. The van der Waals surface area contributed by atoms with Gasteiger partial charge in [0, 0.05) is 23.7 Å². The predicted molar refractivity (Wildman–Crippen MR) is 86.4 cm³/mol. The van der Waals surface area contributed by atoms with E-state index in [9.17, 15) is 9.59 Å². The Morgan fingerprint density at radius 2 is 2.14 bits per heavy atom. The van der Waals surface area contributed by atoms with E-state index in [1.54, 1.807) is 16.3 Å². The summed E-state index contributed by atoms with van der Waals surface area (Å²) in [7, 11) is 1.78. The Morgan fingerprint density at radius 1 is 1.36 bits per heavy atom. The highest BCUT2D eigenvalue weighted by molar-refractivity contribution is 7.09. The van der Waals surface area contributed by atoms with Gasteiger partial charge in [-0.1, -0.05) is 17.8 Å². The monoisotopic (exact) mass is 320 g/mol. The van der Waals surface area contributed by atoms with Crippen LogP contribution < -0.4 is 10.2 Å². The first-order chi connectivity index (χ1) is 10.5. The summed E-state index contributed by atoms with van der Waals surface area (Å²) in [6.07, 6.45) is 5.27. The second kappa shape index (κ2) is 6.08. The van der Waals surface area contributed by atoms with Gasteiger partial charge in [-0.3, -0.25) is 18.8 Å². The van der Waals surface area contributed by atoms with E-state index in [4.69, 9.17) is 0 Å². The third kappa shape index (κ3) is 2.99. The zero-order chi connectivity index (χ0) is 15.7. The zero-order valence-corrected chi connectivity index (χ0v) is 13.7. The van der Waals surface area contributed by atoms with Crippen molar-refractivity contribution in [1.29, 1.82) is 0 Å². The summed E-state index contributed by atoms with van der Waals surface area (Å²) in [6, 6.07) is 1.81. The molecule has 0 saturated carbocycles. The Labute approximate surface area is 132 Å². The molecule has 2 aromatic rings. The van der Waals surface area contributed by atoms with Gasteiger partial charge in [-0.15, -0.1) is 0 Å². The minimum absolute atomic E-state index is 0.0248. The number of fused-ring (bicyclic) bond motifs is 1. The molecule has 1 aliphatic rings. The number of aryl methyl sites for hydroxylation is 3. The molecule has 0 unspecified atom stereocenters. The van der Waals surface area contributed by atoms with Crippen LogP contribution in [0.1, 0.15) is 35.5 Å². The van der Waals surface area contributed by atoms with Crippen molar-refractivity contribution in [3.8, 4) is 0 Å². The molecule has 0 aromatic carbocycles. The smallest absolute Gasteiger partial charge is 0.308 e. The van der Waals surface area contributed by atoms with Crippen LogP contribution in [0.2, 0.25) is 0 Å². The molecular weight excluding hydrogens is 300 g/mol. The van der Waals surface area contributed by atoms with Crippen LogP contribution >= 0.6 is 11.3 Å². The number of hydrogen-bond acceptors (Lipinski definition) is 4. The van der Waals surface area contributed by atoms with E-state index < -0.39 is 0 Å². The van der Waals surface area contributed by atoms with E-state index in [2.05, 4.69) is 10.4 Å². The van der Waals surface area contributed by atoms with Crippen molar-refractivity contribution in [2.24, 2.45) is 7.05 Å². The summed E-state index contributed by atoms with van der Waals surface area (Å²) in [5.41, 5.74) is 1.91. The zero-order valence-electron chi connectivity index (χ0n) is 12.9. The maximum absolute atomic E-state index is 12.3. The van der Waals surface area contributed by atoms with Gasteiger partial charge in [-0.25, -0.2) is 0 Å². The molecule has 2 aromatic heterocycles. The molecule has 1 aliphatic carbocycles. The van der Waals surface area contributed by atoms with Crippen LogP contribution in [-0.2, 0) is 31.2 Å².